The molecular weight excluding hydrogens is 377 g/mol. The van der Waals surface area contributed by atoms with Crippen molar-refractivity contribution < 1.29 is 23.2 Å². The van der Waals surface area contributed by atoms with Gasteiger partial charge in [0, 0.05) is 18.8 Å². The zero-order valence-electron chi connectivity index (χ0n) is 16.0. The van der Waals surface area contributed by atoms with Crippen molar-refractivity contribution in [1.29, 1.82) is 0 Å². The van der Waals surface area contributed by atoms with E-state index in [1.165, 1.54) is 23.2 Å². The van der Waals surface area contributed by atoms with Crippen LogP contribution in [-0.4, -0.2) is 47.2 Å². The fraction of sp³-hybridized carbons (Fsp3) is 0.381. The predicted molar refractivity (Wildman–Crippen MR) is 100 cm³/mol. The SMILES string of the molecule is Cc1cc(F)ccc1N1C[C@]23C=C[C@H](O2)[C@@H](C(=O)N(C)Cc2ccno2)[C@H]3C1=O. The highest BCUT2D eigenvalue weighted by atomic mass is 19.1. The number of ether oxygens (including phenoxy) is 1. The van der Waals surface area contributed by atoms with E-state index in [2.05, 4.69) is 5.16 Å². The quantitative estimate of drug-likeness (QED) is 0.739. The Bertz CT molecular complexity index is 1020. The fourth-order valence-electron chi connectivity index (χ4n) is 4.80. The fourth-order valence-corrected chi connectivity index (χ4v) is 4.80. The van der Waals surface area contributed by atoms with Gasteiger partial charge in [-0.05, 0) is 30.7 Å². The van der Waals surface area contributed by atoms with Gasteiger partial charge in [0.1, 0.15) is 11.4 Å². The average Bonchev–Trinajstić information content (AvgIpc) is 3.44. The number of hydrogen-bond donors (Lipinski definition) is 0. The molecule has 4 atom stereocenters. The summed E-state index contributed by atoms with van der Waals surface area (Å²) < 4.78 is 24.8. The van der Waals surface area contributed by atoms with Crippen molar-refractivity contribution >= 4 is 17.5 Å². The van der Waals surface area contributed by atoms with Crippen molar-refractivity contribution in [3.63, 3.8) is 0 Å². The summed E-state index contributed by atoms with van der Waals surface area (Å²) in [5, 5.41) is 3.66. The normalized spacial score (nSPS) is 29.6. The summed E-state index contributed by atoms with van der Waals surface area (Å²) in [6.07, 6.45) is 4.87. The summed E-state index contributed by atoms with van der Waals surface area (Å²) in [5.41, 5.74) is 0.482. The number of carbonyl (C=O) groups is 2. The molecule has 29 heavy (non-hydrogen) atoms. The van der Waals surface area contributed by atoms with Gasteiger partial charge < -0.3 is 19.1 Å². The maximum Gasteiger partial charge on any atom is 0.234 e. The predicted octanol–water partition coefficient (Wildman–Crippen LogP) is 2.07. The van der Waals surface area contributed by atoms with E-state index in [0.717, 1.165) is 0 Å². The Kier molecular flexibility index (Phi) is 3.89. The van der Waals surface area contributed by atoms with Crippen LogP contribution in [0.1, 0.15) is 11.3 Å². The van der Waals surface area contributed by atoms with Crippen molar-refractivity contribution in [2.24, 2.45) is 11.8 Å². The molecule has 7 nitrogen and oxygen atoms in total. The molecule has 150 valence electrons. The minimum atomic E-state index is -0.823. The van der Waals surface area contributed by atoms with Crippen LogP contribution in [0.15, 0.2) is 47.1 Å². The number of aryl methyl sites for hydroxylation is 1. The van der Waals surface area contributed by atoms with Gasteiger partial charge in [-0.3, -0.25) is 9.59 Å². The van der Waals surface area contributed by atoms with E-state index < -0.39 is 23.5 Å². The summed E-state index contributed by atoms with van der Waals surface area (Å²) in [7, 11) is 1.68. The molecule has 4 heterocycles. The molecule has 0 saturated carbocycles. The van der Waals surface area contributed by atoms with E-state index in [1.807, 2.05) is 12.2 Å². The molecule has 2 saturated heterocycles. The van der Waals surface area contributed by atoms with Gasteiger partial charge in [0.15, 0.2) is 5.76 Å². The molecule has 0 unspecified atom stereocenters. The van der Waals surface area contributed by atoms with Gasteiger partial charge >= 0.3 is 0 Å². The van der Waals surface area contributed by atoms with Gasteiger partial charge in [-0.2, -0.15) is 0 Å². The number of anilines is 1. The van der Waals surface area contributed by atoms with Gasteiger partial charge in [-0.15, -0.1) is 0 Å². The third-order valence-corrected chi connectivity index (χ3v) is 6.10. The van der Waals surface area contributed by atoms with Crippen LogP contribution in [0.5, 0.6) is 0 Å². The molecule has 2 fully saturated rings. The standard InChI is InChI=1S/C21H20FN3O4/c1-12-9-13(22)3-4-15(12)25-11-21-7-5-16(28-21)17(18(21)20(25)27)19(26)24(2)10-14-6-8-23-29-14/h3-9,16-18H,10-11H2,1-2H3/t16-,17+,18-,21-/m0/s1. The number of rotatable bonds is 4. The number of aromatic nitrogens is 1. The first-order valence-electron chi connectivity index (χ1n) is 9.49. The molecule has 2 aromatic rings. The lowest BCUT2D eigenvalue weighted by Gasteiger charge is -2.27. The number of carbonyl (C=O) groups excluding carboxylic acids is 2. The van der Waals surface area contributed by atoms with Crippen LogP contribution in [0.3, 0.4) is 0 Å². The molecule has 3 aliphatic rings. The van der Waals surface area contributed by atoms with Crippen molar-refractivity contribution in [3.8, 4) is 0 Å². The number of benzene rings is 1. The Morgan fingerprint density at radius 1 is 1.41 bits per heavy atom. The molecule has 2 bridgehead atoms. The van der Waals surface area contributed by atoms with Gasteiger partial charge in [-0.25, -0.2) is 4.39 Å². The Morgan fingerprint density at radius 3 is 2.97 bits per heavy atom. The van der Waals surface area contributed by atoms with Crippen LogP contribution in [0, 0.1) is 24.6 Å². The minimum absolute atomic E-state index is 0.169. The lowest BCUT2D eigenvalue weighted by Crippen LogP contribution is -2.44. The number of fused-ring (bicyclic) bond motifs is 1. The van der Waals surface area contributed by atoms with Crippen LogP contribution in [-0.2, 0) is 20.9 Å². The van der Waals surface area contributed by atoms with Crippen LogP contribution in [0.4, 0.5) is 10.1 Å². The van der Waals surface area contributed by atoms with Crippen LogP contribution < -0.4 is 4.90 Å². The van der Waals surface area contributed by atoms with E-state index in [1.54, 1.807) is 31.0 Å². The highest BCUT2D eigenvalue weighted by molar-refractivity contribution is 6.03. The Balaban J connectivity index is 1.44. The molecule has 1 aromatic carbocycles. The zero-order chi connectivity index (χ0) is 20.3. The third-order valence-electron chi connectivity index (χ3n) is 6.10. The Hall–Kier alpha value is -3.00. The molecule has 1 aromatic heterocycles. The highest BCUT2D eigenvalue weighted by Crippen LogP contribution is 2.53. The van der Waals surface area contributed by atoms with E-state index in [4.69, 9.17) is 9.26 Å². The van der Waals surface area contributed by atoms with E-state index in [0.29, 0.717) is 23.6 Å². The topological polar surface area (TPSA) is 75.9 Å². The first-order chi connectivity index (χ1) is 13.9. The van der Waals surface area contributed by atoms with Gasteiger partial charge in [0.05, 0.1) is 37.2 Å². The highest BCUT2D eigenvalue weighted by Gasteiger charge is 2.67. The molecule has 0 aliphatic carbocycles. The summed E-state index contributed by atoms with van der Waals surface area (Å²) >= 11 is 0. The van der Waals surface area contributed by atoms with Crippen LogP contribution in [0.2, 0.25) is 0 Å². The molecule has 5 rings (SSSR count). The first kappa shape index (κ1) is 18.1. The van der Waals surface area contributed by atoms with Crippen molar-refractivity contribution in [2.45, 2.75) is 25.2 Å². The number of nitrogens with zero attached hydrogens (tertiary/aromatic N) is 3. The van der Waals surface area contributed by atoms with Crippen molar-refractivity contribution in [1.82, 2.24) is 10.1 Å². The second-order valence-corrected chi connectivity index (χ2v) is 7.93. The number of halogens is 1. The monoisotopic (exact) mass is 397 g/mol. The molecule has 3 aliphatic heterocycles. The molecular formula is C21H20FN3O4. The second-order valence-electron chi connectivity index (χ2n) is 7.93. The molecule has 0 N–H and O–H groups in total. The van der Waals surface area contributed by atoms with E-state index in [-0.39, 0.29) is 24.2 Å². The van der Waals surface area contributed by atoms with Gasteiger partial charge in [-0.1, -0.05) is 17.3 Å². The summed E-state index contributed by atoms with van der Waals surface area (Å²) in [5.74, 6) is -1.34. The first-order valence-corrected chi connectivity index (χ1v) is 9.49. The van der Waals surface area contributed by atoms with Crippen molar-refractivity contribution in [2.75, 3.05) is 18.5 Å². The Morgan fingerprint density at radius 2 is 2.24 bits per heavy atom. The zero-order valence-corrected chi connectivity index (χ0v) is 16.0. The molecule has 1 spiro atoms. The third kappa shape index (κ3) is 2.62. The lowest BCUT2D eigenvalue weighted by molar-refractivity contribution is -0.139. The minimum Gasteiger partial charge on any atom is -0.360 e. The maximum absolute atomic E-state index is 13.5. The molecule has 0 radical (unpaired) electrons. The largest absolute Gasteiger partial charge is 0.360 e. The van der Waals surface area contributed by atoms with E-state index in [9.17, 15) is 14.0 Å². The van der Waals surface area contributed by atoms with Gasteiger partial charge in [0.25, 0.3) is 0 Å². The summed E-state index contributed by atoms with van der Waals surface area (Å²) in [6.45, 7) is 2.34. The lowest BCUT2D eigenvalue weighted by atomic mass is 9.76. The number of hydrogen-bond acceptors (Lipinski definition) is 5. The average molecular weight is 397 g/mol. The Labute approximate surface area is 166 Å². The smallest absolute Gasteiger partial charge is 0.234 e. The number of amides is 2. The van der Waals surface area contributed by atoms with Crippen LogP contribution in [0.25, 0.3) is 0 Å². The summed E-state index contributed by atoms with van der Waals surface area (Å²) in [4.78, 5) is 29.8. The van der Waals surface area contributed by atoms with Gasteiger partial charge in [0.2, 0.25) is 11.8 Å². The van der Waals surface area contributed by atoms with Crippen LogP contribution >= 0.6 is 0 Å². The molecule has 8 heteroatoms. The summed E-state index contributed by atoms with van der Waals surface area (Å²) in [6, 6.07) is 6.03. The van der Waals surface area contributed by atoms with Crippen molar-refractivity contribution in [3.05, 3.63) is 59.8 Å². The second kappa shape index (κ2) is 6.25. The maximum atomic E-state index is 13.5. The molecule has 2 amide bonds. The van der Waals surface area contributed by atoms with E-state index >= 15 is 0 Å².